The Balaban J connectivity index is 1.95. The highest BCUT2D eigenvalue weighted by Crippen LogP contribution is 2.27. The summed E-state index contributed by atoms with van der Waals surface area (Å²) in [7, 11) is 4.70. The molecule has 6 nitrogen and oxygen atoms in total. The van der Waals surface area contributed by atoms with Gasteiger partial charge in [0.05, 0.1) is 32.9 Å². The van der Waals surface area contributed by atoms with Crippen molar-refractivity contribution >= 4 is 33.4 Å². The number of amides is 2. The summed E-state index contributed by atoms with van der Waals surface area (Å²) in [5.41, 5.74) is 1.45. The quantitative estimate of drug-likeness (QED) is 0.746. The number of hydrogen-bond acceptors (Lipinski definition) is 4. The standard InChI is InChI=1S/C19H21BrN2O4/c1-22(12-18(23)21-15-7-5-4-6-14(15)20)19(24)11-13-8-9-16(25-2)17(10-13)26-3/h4-10H,11-12H2,1-3H3,(H,21,23). The minimum absolute atomic E-state index is 0.0343. The van der Waals surface area contributed by atoms with E-state index in [4.69, 9.17) is 9.47 Å². The predicted molar refractivity (Wildman–Crippen MR) is 104 cm³/mol. The minimum atomic E-state index is -0.264. The van der Waals surface area contributed by atoms with Crippen molar-refractivity contribution in [1.82, 2.24) is 4.90 Å². The molecular formula is C19H21BrN2O4. The molecule has 0 aliphatic rings. The molecule has 0 fully saturated rings. The van der Waals surface area contributed by atoms with Crippen molar-refractivity contribution < 1.29 is 19.1 Å². The molecule has 2 aromatic rings. The summed E-state index contributed by atoms with van der Waals surface area (Å²) in [4.78, 5) is 25.9. The van der Waals surface area contributed by atoms with Crippen LogP contribution in [0.4, 0.5) is 5.69 Å². The van der Waals surface area contributed by atoms with Gasteiger partial charge in [0, 0.05) is 11.5 Å². The number of hydrogen-bond donors (Lipinski definition) is 1. The number of nitrogens with zero attached hydrogens (tertiary/aromatic N) is 1. The van der Waals surface area contributed by atoms with Gasteiger partial charge in [-0.2, -0.15) is 0 Å². The van der Waals surface area contributed by atoms with Crippen molar-refractivity contribution in [2.24, 2.45) is 0 Å². The number of para-hydroxylation sites is 1. The first-order valence-electron chi connectivity index (χ1n) is 7.94. The lowest BCUT2D eigenvalue weighted by molar-refractivity contribution is -0.132. The number of carbonyl (C=O) groups excluding carboxylic acids is 2. The van der Waals surface area contributed by atoms with E-state index in [1.807, 2.05) is 18.2 Å². The Morgan fingerprint density at radius 2 is 1.77 bits per heavy atom. The van der Waals surface area contributed by atoms with E-state index in [-0.39, 0.29) is 24.8 Å². The lowest BCUT2D eigenvalue weighted by atomic mass is 10.1. The molecule has 2 amide bonds. The van der Waals surface area contributed by atoms with Crippen LogP contribution in [0.1, 0.15) is 5.56 Å². The van der Waals surface area contributed by atoms with Gasteiger partial charge < -0.3 is 19.7 Å². The number of carbonyl (C=O) groups is 2. The highest BCUT2D eigenvalue weighted by Gasteiger charge is 2.15. The number of rotatable bonds is 7. The van der Waals surface area contributed by atoms with E-state index in [0.717, 1.165) is 10.0 Å². The first kappa shape index (κ1) is 19.8. The second-order valence-electron chi connectivity index (χ2n) is 5.64. The van der Waals surface area contributed by atoms with Gasteiger partial charge >= 0.3 is 0 Å². The van der Waals surface area contributed by atoms with Crippen LogP contribution in [0.25, 0.3) is 0 Å². The van der Waals surface area contributed by atoms with Crippen molar-refractivity contribution in [3.05, 3.63) is 52.5 Å². The van der Waals surface area contributed by atoms with E-state index < -0.39 is 0 Å². The van der Waals surface area contributed by atoms with E-state index in [9.17, 15) is 9.59 Å². The average molecular weight is 421 g/mol. The van der Waals surface area contributed by atoms with Gasteiger partial charge in [-0.15, -0.1) is 0 Å². The Hall–Kier alpha value is -2.54. The summed E-state index contributed by atoms with van der Waals surface area (Å²) in [6, 6.07) is 12.6. The molecule has 0 aromatic heterocycles. The number of halogens is 1. The lowest BCUT2D eigenvalue weighted by Crippen LogP contribution is -2.35. The normalized spacial score (nSPS) is 10.2. The largest absolute Gasteiger partial charge is 0.493 e. The Morgan fingerprint density at radius 3 is 2.42 bits per heavy atom. The van der Waals surface area contributed by atoms with Crippen LogP contribution in [0.15, 0.2) is 46.9 Å². The maximum absolute atomic E-state index is 12.4. The van der Waals surface area contributed by atoms with E-state index in [2.05, 4.69) is 21.2 Å². The summed E-state index contributed by atoms with van der Waals surface area (Å²) in [5, 5.41) is 2.78. The van der Waals surface area contributed by atoms with Gasteiger partial charge in [0.15, 0.2) is 11.5 Å². The molecule has 0 aliphatic carbocycles. The van der Waals surface area contributed by atoms with Crippen LogP contribution in [0, 0.1) is 0 Å². The number of anilines is 1. The SMILES string of the molecule is COc1ccc(CC(=O)N(C)CC(=O)Nc2ccccc2Br)cc1OC. The van der Waals surface area contributed by atoms with Crippen LogP contribution in [0.2, 0.25) is 0 Å². The number of likely N-dealkylation sites (N-methyl/N-ethyl adjacent to an activating group) is 1. The van der Waals surface area contributed by atoms with E-state index in [0.29, 0.717) is 17.2 Å². The predicted octanol–water partition coefficient (Wildman–Crippen LogP) is 3.11. The smallest absolute Gasteiger partial charge is 0.244 e. The summed E-state index contributed by atoms with van der Waals surface area (Å²) in [5.74, 6) is 0.733. The second-order valence-corrected chi connectivity index (χ2v) is 6.50. The molecule has 0 atom stereocenters. The Kier molecular flexibility index (Phi) is 7.03. The molecule has 26 heavy (non-hydrogen) atoms. The molecule has 2 aromatic carbocycles. The van der Waals surface area contributed by atoms with Crippen LogP contribution < -0.4 is 14.8 Å². The monoisotopic (exact) mass is 420 g/mol. The molecule has 1 N–H and O–H groups in total. The van der Waals surface area contributed by atoms with Crippen molar-refractivity contribution in [3.63, 3.8) is 0 Å². The average Bonchev–Trinajstić information content (AvgIpc) is 2.63. The summed E-state index contributed by atoms with van der Waals surface area (Å²) in [6.07, 6.45) is 0.166. The van der Waals surface area contributed by atoms with Crippen molar-refractivity contribution in [3.8, 4) is 11.5 Å². The molecule has 0 heterocycles. The summed E-state index contributed by atoms with van der Waals surface area (Å²) < 4.78 is 11.2. The summed E-state index contributed by atoms with van der Waals surface area (Å²) in [6.45, 7) is -0.0343. The first-order chi connectivity index (χ1) is 12.4. The number of nitrogens with one attached hydrogen (secondary N) is 1. The third-order valence-electron chi connectivity index (χ3n) is 3.76. The minimum Gasteiger partial charge on any atom is -0.493 e. The fourth-order valence-corrected chi connectivity index (χ4v) is 2.74. The fourth-order valence-electron chi connectivity index (χ4n) is 2.36. The molecule has 0 radical (unpaired) electrons. The van der Waals surface area contributed by atoms with Gasteiger partial charge in [-0.05, 0) is 45.8 Å². The fraction of sp³-hybridized carbons (Fsp3) is 0.263. The Morgan fingerprint density at radius 1 is 1.08 bits per heavy atom. The highest BCUT2D eigenvalue weighted by atomic mass is 79.9. The number of ether oxygens (including phenoxy) is 2. The van der Waals surface area contributed by atoms with Gasteiger partial charge in [0.2, 0.25) is 11.8 Å². The molecule has 0 bridgehead atoms. The van der Waals surface area contributed by atoms with Gasteiger partial charge in [0.1, 0.15) is 0 Å². The molecule has 0 unspecified atom stereocenters. The molecule has 138 valence electrons. The highest BCUT2D eigenvalue weighted by molar-refractivity contribution is 9.10. The van der Waals surface area contributed by atoms with Crippen LogP contribution in [0.3, 0.4) is 0 Å². The van der Waals surface area contributed by atoms with Gasteiger partial charge in [-0.25, -0.2) is 0 Å². The van der Waals surface area contributed by atoms with E-state index in [1.165, 1.54) is 4.90 Å². The van der Waals surface area contributed by atoms with Crippen molar-refractivity contribution in [2.45, 2.75) is 6.42 Å². The van der Waals surface area contributed by atoms with Crippen LogP contribution in [-0.4, -0.2) is 44.5 Å². The Bertz CT molecular complexity index is 795. The van der Waals surface area contributed by atoms with E-state index >= 15 is 0 Å². The lowest BCUT2D eigenvalue weighted by Gasteiger charge is -2.17. The van der Waals surface area contributed by atoms with Crippen molar-refractivity contribution in [1.29, 1.82) is 0 Å². The molecule has 0 saturated carbocycles. The zero-order valence-corrected chi connectivity index (χ0v) is 16.5. The van der Waals surface area contributed by atoms with Crippen LogP contribution in [-0.2, 0) is 16.0 Å². The van der Waals surface area contributed by atoms with E-state index in [1.54, 1.807) is 45.5 Å². The van der Waals surface area contributed by atoms with Gasteiger partial charge in [0.25, 0.3) is 0 Å². The number of benzene rings is 2. The van der Waals surface area contributed by atoms with Crippen LogP contribution in [0.5, 0.6) is 11.5 Å². The van der Waals surface area contributed by atoms with Gasteiger partial charge in [-0.3, -0.25) is 9.59 Å². The molecule has 2 rings (SSSR count). The molecule has 7 heteroatoms. The zero-order valence-electron chi connectivity index (χ0n) is 14.9. The summed E-state index contributed by atoms with van der Waals surface area (Å²) >= 11 is 3.37. The van der Waals surface area contributed by atoms with Gasteiger partial charge in [-0.1, -0.05) is 18.2 Å². The number of methoxy groups -OCH3 is 2. The van der Waals surface area contributed by atoms with Crippen molar-refractivity contribution in [2.75, 3.05) is 33.1 Å². The molecular weight excluding hydrogens is 400 g/mol. The first-order valence-corrected chi connectivity index (χ1v) is 8.73. The maximum Gasteiger partial charge on any atom is 0.244 e. The zero-order chi connectivity index (χ0) is 19.1. The topological polar surface area (TPSA) is 67.9 Å². The molecule has 0 aliphatic heterocycles. The second kappa shape index (κ2) is 9.24. The third-order valence-corrected chi connectivity index (χ3v) is 4.45. The molecule has 0 saturated heterocycles. The van der Waals surface area contributed by atoms with Crippen LogP contribution >= 0.6 is 15.9 Å². The Labute approximate surface area is 161 Å². The maximum atomic E-state index is 12.4. The third kappa shape index (κ3) is 5.23. The molecule has 0 spiro atoms.